The van der Waals surface area contributed by atoms with Crippen LogP contribution < -0.4 is 5.32 Å². The van der Waals surface area contributed by atoms with Crippen LogP contribution in [-0.2, 0) is 0 Å². The standard InChI is InChI=1S/C9H14BrNS/c1-3-9(11-4-2)7-5-12-6-8(7)10/h5-6,9,11H,3-4H2,1-2H3. The molecule has 1 rings (SSSR count). The van der Waals surface area contributed by atoms with Crippen molar-refractivity contribution in [2.75, 3.05) is 6.54 Å². The molecule has 1 aromatic heterocycles. The topological polar surface area (TPSA) is 12.0 Å². The Bertz CT molecular complexity index is 234. The van der Waals surface area contributed by atoms with E-state index in [1.165, 1.54) is 10.0 Å². The molecule has 3 heteroatoms. The summed E-state index contributed by atoms with van der Waals surface area (Å²) >= 11 is 5.30. The summed E-state index contributed by atoms with van der Waals surface area (Å²) in [7, 11) is 0. The molecule has 0 aliphatic heterocycles. The second-order valence-electron chi connectivity index (χ2n) is 2.69. The van der Waals surface area contributed by atoms with E-state index < -0.39 is 0 Å². The van der Waals surface area contributed by atoms with Gasteiger partial charge in [0, 0.05) is 15.9 Å². The smallest absolute Gasteiger partial charge is 0.0336 e. The van der Waals surface area contributed by atoms with E-state index in [-0.39, 0.29) is 0 Å². The highest BCUT2D eigenvalue weighted by Crippen LogP contribution is 2.28. The van der Waals surface area contributed by atoms with Crippen LogP contribution in [-0.4, -0.2) is 6.54 Å². The third kappa shape index (κ3) is 2.31. The predicted molar refractivity (Wildman–Crippen MR) is 58.7 cm³/mol. The van der Waals surface area contributed by atoms with Crippen molar-refractivity contribution in [1.29, 1.82) is 0 Å². The molecule has 1 N–H and O–H groups in total. The second-order valence-corrected chi connectivity index (χ2v) is 4.29. The van der Waals surface area contributed by atoms with Gasteiger partial charge >= 0.3 is 0 Å². The Hall–Kier alpha value is 0.140. The summed E-state index contributed by atoms with van der Waals surface area (Å²) < 4.78 is 1.24. The van der Waals surface area contributed by atoms with Crippen LogP contribution in [0, 0.1) is 0 Å². The van der Waals surface area contributed by atoms with Crippen LogP contribution in [0.15, 0.2) is 15.2 Å². The summed E-state index contributed by atoms with van der Waals surface area (Å²) in [6.07, 6.45) is 1.14. The van der Waals surface area contributed by atoms with Crippen molar-refractivity contribution < 1.29 is 0 Å². The van der Waals surface area contributed by atoms with Gasteiger partial charge in [-0.3, -0.25) is 0 Å². The average Bonchev–Trinajstić information content (AvgIpc) is 2.47. The minimum absolute atomic E-state index is 0.510. The number of hydrogen-bond acceptors (Lipinski definition) is 2. The molecule has 0 amide bonds. The molecule has 1 nitrogen and oxygen atoms in total. The van der Waals surface area contributed by atoms with Gasteiger partial charge in [-0.15, -0.1) is 0 Å². The summed E-state index contributed by atoms with van der Waals surface area (Å²) in [5, 5.41) is 7.80. The van der Waals surface area contributed by atoms with Gasteiger partial charge in [-0.05, 0) is 39.8 Å². The van der Waals surface area contributed by atoms with Crippen LogP contribution in [0.1, 0.15) is 31.9 Å². The Labute approximate surface area is 86.3 Å². The lowest BCUT2D eigenvalue weighted by Gasteiger charge is -2.14. The first-order valence-electron chi connectivity index (χ1n) is 4.24. The Balaban J connectivity index is 2.72. The molecule has 0 aliphatic rings. The molecule has 1 atom stereocenters. The van der Waals surface area contributed by atoms with Crippen molar-refractivity contribution >= 4 is 27.3 Å². The van der Waals surface area contributed by atoms with Crippen LogP contribution in [0.4, 0.5) is 0 Å². The summed E-state index contributed by atoms with van der Waals surface area (Å²) in [4.78, 5) is 0. The minimum atomic E-state index is 0.510. The van der Waals surface area contributed by atoms with Crippen molar-refractivity contribution in [3.05, 3.63) is 20.8 Å². The van der Waals surface area contributed by atoms with Crippen molar-refractivity contribution in [2.45, 2.75) is 26.3 Å². The van der Waals surface area contributed by atoms with Crippen LogP contribution in [0.3, 0.4) is 0 Å². The van der Waals surface area contributed by atoms with Gasteiger partial charge < -0.3 is 5.32 Å². The maximum Gasteiger partial charge on any atom is 0.0336 e. The summed E-state index contributed by atoms with van der Waals surface area (Å²) in [6.45, 7) is 5.38. The Morgan fingerprint density at radius 3 is 2.67 bits per heavy atom. The van der Waals surface area contributed by atoms with E-state index in [1.807, 2.05) is 0 Å². The predicted octanol–water partition coefficient (Wildman–Crippen LogP) is 3.57. The fourth-order valence-corrected chi connectivity index (χ4v) is 2.89. The first-order valence-corrected chi connectivity index (χ1v) is 5.98. The van der Waals surface area contributed by atoms with Crippen LogP contribution in [0.25, 0.3) is 0 Å². The third-order valence-corrected chi connectivity index (χ3v) is 3.63. The van der Waals surface area contributed by atoms with Crippen molar-refractivity contribution in [3.63, 3.8) is 0 Å². The van der Waals surface area contributed by atoms with E-state index in [0.29, 0.717) is 6.04 Å². The van der Waals surface area contributed by atoms with Crippen LogP contribution in [0.5, 0.6) is 0 Å². The Morgan fingerprint density at radius 2 is 2.25 bits per heavy atom. The van der Waals surface area contributed by atoms with Gasteiger partial charge in [0.15, 0.2) is 0 Å². The molecule has 1 aromatic rings. The lowest BCUT2D eigenvalue weighted by Crippen LogP contribution is -2.19. The van der Waals surface area contributed by atoms with E-state index in [4.69, 9.17) is 0 Å². The highest BCUT2D eigenvalue weighted by atomic mass is 79.9. The minimum Gasteiger partial charge on any atom is -0.310 e. The van der Waals surface area contributed by atoms with Crippen LogP contribution in [0.2, 0.25) is 0 Å². The monoisotopic (exact) mass is 247 g/mol. The SMILES string of the molecule is CCNC(CC)c1cscc1Br. The number of nitrogens with one attached hydrogen (secondary N) is 1. The van der Waals surface area contributed by atoms with Crippen molar-refractivity contribution in [3.8, 4) is 0 Å². The molecule has 0 radical (unpaired) electrons. The quantitative estimate of drug-likeness (QED) is 0.858. The largest absolute Gasteiger partial charge is 0.310 e. The van der Waals surface area contributed by atoms with Gasteiger partial charge in [-0.25, -0.2) is 0 Å². The van der Waals surface area contributed by atoms with E-state index in [2.05, 4.69) is 45.9 Å². The highest BCUT2D eigenvalue weighted by Gasteiger charge is 2.11. The number of hydrogen-bond donors (Lipinski definition) is 1. The number of thiophene rings is 1. The summed E-state index contributed by atoms with van der Waals surface area (Å²) in [5.74, 6) is 0. The van der Waals surface area contributed by atoms with E-state index in [0.717, 1.165) is 13.0 Å². The molecule has 1 unspecified atom stereocenters. The zero-order valence-electron chi connectivity index (χ0n) is 7.43. The molecule has 68 valence electrons. The summed E-state index contributed by atoms with van der Waals surface area (Å²) in [5.41, 5.74) is 1.39. The van der Waals surface area contributed by atoms with E-state index in [1.54, 1.807) is 11.3 Å². The molecule has 0 bridgehead atoms. The van der Waals surface area contributed by atoms with Gasteiger partial charge in [0.05, 0.1) is 0 Å². The molecule has 0 fully saturated rings. The van der Waals surface area contributed by atoms with Gasteiger partial charge in [0.1, 0.15) is 0 Å². The lowest BCUT2D eigenvalue weighted by molar-refractivity contribution is 0.537. The average molecular weight is 248 g/mol. The highest BCUT2D eigenvalue weighted by molar-refractivity contribution is 9.10. The van der Waals surface area contributed by atoms with Crippen molar-refractivity contribution in [1.82, 2.24) is 5.32 Å². The molecule has 12 heavy (non-hydrogen) atoms. The molecule has 0 saturated heterocycles. The Morgan fingerprint density at radius 1 is 1.50 bits per heavy atom. The zero-order chi connectivity index (χ0) is 8.97. The fourth-order valence-electron chi connectivity index (χ4n) is 1.26. The molecule has 1 heterocycles. The summed E-state index contributed by atoms with van der Waals surface area (Å²) in [6, 6.07) is 0.510. The van der Waals surface area contributed by atoms with Crippen LogP contribution >= 0.6 is 27.3 Å². The molecule has 0 spiro atoms. The first-order chi connectivity index (χ1) is 5.79. The van der Waals surface area contributed by atoms with E-state index >= 15 is 0 Å². The fraction of sp³-hybridized carbons (Fsp3) is 0.556. The Kier molecular flexibility index (Phi) is 4.26. The maximum atomic E-state index is 3.55. The first kappa shape index (κ1) is 10.2. The maximum absolute atomic E-state index is 3.55. The van der Waals surface area contributed by atoms with Gasteiger partial charge in [0.25, 0.3) is 0 Å². The van der Waals surface area contributed by atoms with Gasteiger partial charge in [-0.2, -0.15) is 11.3 Å². The normalized spacial score (nSPS) is 13.2. The van der Waals surface area contributed by atoms with Gasteiger partial charge in [0.2, 0.25) is 0 Å². The van der Waals surface area contributed by atoms with E-state index in [9.17, 15) is 0 Å². The molecule has 0 aliphatic carbocycles. The molecule has 0 aromatic carbocycles. The second kappa shape index (κ2) is 5.00. The number of rotatable bonds is 4. The van der Waals surface area contributed by atoms with Gasteiger partial charge in [-0.1, -0.05) is 13.8 Å². The third-order valence-electron chi connectivity index (χ3n) is 1.88. The number of halogens is 1. The zero-order valence-corrected chi connectivity index (χ0v) is 9.83. The molecular formula is C9H14BrNS. The van der Waals surface area contributed by atoms with Crippen molar-refractivity contribution in [2.24, 2.45) is 0 Å². The molecule has 0 saturated carbocycles. The molecular weight excluding hydrogens is 234 g/mol. The lowest BCUT2D eigenvalue weighted by atomic mass is 10.1.